The fraction of sp³-hybridized carbons (Fsp3) is 0.375. The number of carbonyl (C=O) groups excluding carboxylic acids is 1. The molecule has 0 unspecified atom stereocenters. The Morgan fingerprint density at radius 3 is 1.85 bits per heavy atom. The van der Waals surface area contributed by atoms with Crippen molar-refractivity contribution in [2.24, 2.45) is 0 Å². The predicted molar refractivity (Wildman–Crippen MR) is 77.8 cm³/mol. The van der Waals surface area contributed by atoms with E-state index in [2.05, 4.69) is 6.92 Å². The lowest BCUT2D eigenvalue weighted by molar-refractivity contribution is -0.146. The molecule has 4 nitrogen and oxygen atoms in total. The maximum atomic E-state index is 11.2. The fourth-order valence-electron chi connectivity index (χ4n) is 2.19. The van der Waals surface area contributed by atoms with Crippen LogP contribution >= 0.6 is 0 Å². The molecule has 0 saturated heterocycles. The van der Waals surface area contributed by atoms with Crippen LogP contribution < -0.4 is 0 Å². The zero-order valence-corrected chi connectivity index (χ0v) is 12.1. The minimum Gasteiger partial charge on any atom is -0.507 e. The quantitative estimate of drug-likeness (QED) is 0.476. The summed E-state index contributed by atoms with van der Waals surface area (Å²) in [4.78, 5) is 21.8. The number of rotatable bonds is 6. The maximum absolute atomic E-state index is 11.2. The van der Waals surface area contributed by atoms with Crippen molar-refractivity contribution in [3.05, 3.63) is 40.5 Å². The third-order valence-electron chi connectivity index (χ3n) is 3.27. The number of carboxylic acids is 1. The van der Waals surface area contributed by atoms with Crippen molar-refractivity contribution >= 4 is 17.5 Å². The molecule has 0 spiro atoms. The van der Waals surface area contributed by atoms with Crippen LogP contribution in [-0.4, -0.2) is 22.0 Å². The molecule has 0 aliphatic heterocycles. The summed E-state index contributed by atoms with van der Waals surface area (Å²) in [5.41, 5.74) is 3.60. The smallest absolute Gasteiger partial charge is 0.376 e. The second-order valence-corrected chi connectivity index (χ2v) is 4.55. The Morgan fingerprint density at radius 2 is 1.50 bits per heavy atom. The highest BCUT2D eigenvalue weighted by molar-refractivity contribution is 6.38. The highest BCUT2D eigenvalue weighted by Gasteiger charge is 2.16. The molecule has 108 valence electrons. The van der Waals surface area contributed by atoms with Crippen LogP contribution in [0.15, 0.2) is 18.2 Å². The van der Waals surface area contributed by atoms with E-state index in [0.29, 0.717) is 18.4 Å². The second-order valence-electron chi connectivity index (χ2n) is 4.55. The average molecular weight is 276 g/mol. The molecule has 0 atom stereocenters. The molecule has 0 aliphatic carbocycles. The minimum absolute atomic E-state index is 0.270. The molecule has 1 aromatic carbocycles. The fourth-order valence-corrected chi connectivity index (χ4v) is 2.19. The third kappa shape index (κ3) is 3.47. The molecule has 0 fully saturated rings. The summed E-state index contributed by atoms with van der Waals surface area (Å²) >= 11 is 0. The van der Waals surface area contributed by atoms with E-state index in [1.807, 2.05) is 26.0 Å². The number of benzene rings is 1. The summed E-state index contributed by atoms with van der Waals surface area (Å²) in [5, 5.41) is 18.7. The van der Waals surface area contributed by atoms with Gasteiger partial charge in [0.1, 0.15) is 5.76 Å². The van der Waals surface area contributed by atoms with Gasteiger partial charge in [0.25, 0.3) is 5.78 Å². The molecule has 4 heteroatoms. The molecular formula is C16H20O4. The van der Waals surface area contributed by atoms with Crippen LogP contribution in [0.3, 0.4) is 0 Å². The maximum Gasteiger partial charge on any atom is 0.376 e. The standard InChI is InChI=1S/C16H20O4/c1-4-10-7-11(5-2)15(12(6-3)8-10)13(17)9-14(18)16(19)20/h7-9,17H,4-6H2,1-3H3,(H,19,20). The highest BCUT2D eigenvalue weighted by atomic mass is 16.4. The van der Waals surface area contributed by atoms with Gasteiger partial charge in [-0.3, -0.25) is 4.79 Å². The molecule has 0 amide bonds. The van der Waals surface area contributed by atoms with E-state index in [4.69, 9.17) is 5.11 Å². The normalized spacial score (nSPS) is 11.4. The van der Waals surface area contributed by atoms with Gasteiger partial charge < -0.3 is 10.2 Å². The molecule has 0 aromatic heterocycles. The van der Waals surface area contributed by atoms with E-state index in [1.54, 1.807) is 0 Å². The summed E-state index contributed by atoms with van der Waals surface area (Å²) in [6.07, 6.45) is 3.07. The summed E-state index contributed by atoms with van der Waals surface area (Å²) in [6.45, 7) is 5.98. The van der Waals surface area contributed by atoms with Gasteiger partial charge in [-0.25, -0.2) is 4.79 Å². The molecule has 0 radical (unpaired) electrons. The van der Waals surface area contributed by atoms with Gasteiger partial charge in [-0.1, -0.05) is 32.9 Å². The van der Waals surface area contributed by atoms with Crippen LogP contribution in [0.5, 0.6) is 0 Å². The van der Waals surface area contributed by atoms with Gasteiger partial charge in [-0.05, 0) is 36.0 Å². The lowest BCUT2D eigenvalue weighted by atomic mass is 9.92. The van der Waals surface area contributed by atoms with Crippen molar-refractivity contribution in [3.63, 3.8) is 0 Å². The molecule has 1 aromatic rings. The zero-order valence-electron chi connectivity index (χ0n) is 12.1. The molecule has 0 heterocycles. The van der Waals surface area contributed by atoms with Crippen molar-refractivity contribution in [2.45, 2.75) is 40.0 Å². The average Bonchev–Trinajstić information content (AvgIpc) is 2.45. The van der Waals surface area contributed by atoms with Crippen molar-refractivity contribution in [2.75, 3.05) is 0 Å². The highest BCUT2D eigenvalue weighted by Crippen LogP contribution is 2.25. The number of aliphatic carboxylic acids is 1. The van der Waals surface area contributed by atoms with Crippen molar-refractivity contribution in [1.29, 1.82) is 0 Å². The number of hydrogen-bond donors (Lipinski definition) is 2. The number of carboxylic acid groups (broad SMARTS) is 1. The first kappa shape index (κ1) is 16.0. The Bertz CT molecular complexity index is 531. The van der Waals surface area contributed by atoms with Gasteiger partial charge >= 0.3 is 5.97 Å². The monoisotopic (exact) mass is 276 g/mol. The molecule has 0 saturated carbocycles. The Kier molecular flexibility index (Phi) is 5.50. The number of hydrogen-bond acceptors (Lipinski definition) is 3. The van der Waals surface area contributed by atoms with Crippen LogP contribution in [0.1, 0.15) is 43.0 Å². The molecule has 2 N–H and O–H groups in total. The summed E-state index contributed by atoms with van der Waals surface area (Å²) in [6, 6.07) is 3.98. The van der Waals surface area contributed by atoms with Gasteiger partial charge in [0.15, 0.2) is 0 Å². The van der Waals surface area contributed by atoms with E-state index in [1.165, 1.54) is 5.56 Å². The number of ketones is 1. The van der Waals surface area contributed by atoms with Gasteiger partial charge in [-0.2, -0.15) is 0 Å². The van der Waals surface area contributed by atoms with Crippen LogP contribution in [0, 0.1) is 0 Å². The topological polar surface area (TPSA) is 74.6 Å². The van der Waals surface area contributed by atoms with E-state index in [0.717, 1.165) is 23.6 Å². The van der Waals surface area contributed by atoms with Crippen LogP contribution in [0.25, 0.3) is 5.76 Å². The molecule has 0 bridgehead atoms. The number of aliphatic hydroxyl groups excluding tert-OH is 1. The van der Waals surface area contributed by atoms with Crippen molar-refractivity contribution in [1.82, 2.24) is 0 Å². The van der Waals surface area contributed by atoms with E-state index in [9.17, 15) is 14.7 Å². The number of aryl methyl sites for hydroxylation is 3. The Labute approximate surface area is 118 Å². The lowest BCUT2D eigenvalue weighted by Gasteiger charge is -2.14. The first-order valence-electron chi connectivity index (χ1n) is 6.77. The number of carbonyl (C=O) groups is 2. The predicted octanol–water partition coefficient (Wildman–Crippen LogP) is 2.93. The van der Waals surface area contributed by atoms with Gasteiger partial charge in [0.2, 0.25) is 0 Å². The van der Waals surface area contributed by atoms with Gasteiger partial charge in [-0.15, -0.1) is 0 Å². The van der Waals surface area contributed by atoms with Crippen LogP contribution in [-0.2, 0) is 28.9 Å². The van der Waals surface area contributed by atoms with E-state index >= 15 is 0 Å². The first-order valence-corrected chi connectivity index (χ1v) is 6.77. The van der Waals surface area contributed by atoms with Crippen LogP contribution in [0.4, 0.5) is 0 Å². The largest absolute Gasteiger partial charge is 0.507 e. The molecular weight excluding hydrogens is 256 g/mol. The van der Waals surface area contributed by atoms with Gasteiger partial charge in [0.05, 0.1) is 0 Å². The molecule has 0 aliphatic rings. The lowest BCUT2D eigenvalue weighted by Crippen LogP contribution is -2.10. The van der Waals surface area contributed by atoms with Crippen molar-refractivity contribution in [3.8, 4) is 0 Å². The Balaban J connectivity index is 3.42. The zero-order chi connectivity index (χ0) is 15.3. The summed E-state index contributed by atoms with van der Waals surface area (Å²) in [7, 11) is 0. The SMILES string of the molecule is CCc1cc(CC)c(C(O)=CC(=O)C(=O)O)c(CC)c1. The van der Waals surface area contributed by atoms with Gasteiger partial charge in [0, 0.05) is 11.6 Å². The molecule has 1 rings (SSSR count). The number of aliphatic hydroxyl groups is 1. The van der Waals surface area contributed by atoms with Crippen LogP contribution in [0.2, 0.25) is 0 Å². The van der Waals surface area contributed by atoms with Crippen molar-refractivity contribution < 1.29 is 19.8 Å². The Hall–Kier alpha value is -2.10. The second kappa shape index (κ2) is 6.89. The molecule has 20 heavy (non-hydrogen) atoms. The summed E-state index contributed by atoms with van der Waals surface area (Å²) in [5.74, 6) is -2.96. The summed E-state index contributed by atoms with van der Waals surface area (Å²) < 4.78 is 0. The Morgan fingerprint density at radius 1 is 1.00 bits per heavy atom. The van der Waals surface area contributed by atoms with E-state index < -0.39 is 11.8 Å². The minimum atomic E-state index is -1.57. The third-order valence-corrected chi connectivity index (χ3v) is 3.27. The van der Waals surface area contributed by atoms with E-state index in [-0.39, 0.29) is 5.76 Å². The first-order chi connectivity index (χ1) is 9.44.